The smallest absolute Gasteiger partial charge is 0.253 e. The summed E-state index contributed by atoms with van der Waals surface area (Å²) in [4.78, 5) is 39.5. The van der Waals surface area contributed by atoms with Crippen molar-refractivity contribution in [3.8, 4) is 0 Å². The fourth-order valence-electron chi connectivity index (χ4n) is 3.19. The highest BCUT2D eigenvalue weighted by molar-refractivity contribution is 5.95. The van der Waals surface area contributed by atoms with Crippen molar-refractivity contribution >= 4 is 23.4 Å². The first kappa shape index (κ1) is 17.4. The zero-order chi connectivity index (χ0) is 17.8. The number of hydrogen-bond donors (Lipinski definition) is 1. The van der Waals surface area contributed by atoms with Crippen LogP contribution in [0.25, 0.3) is 0 Å². The molecular formula is C18H23N3O4. The minimum absolute atomic E-state index is 0.0456. The van der Waals surface area contributed by atoms with Gasteiger partial charge in [-0.2, -0.15) is 0 Å². The minimum Gasteiger partial charge on any atom is -0.368 e. The van der Waals surface area contributed by atoms with Crippen molar-refractivity contribution in [1.82, 2.24) is 9.80 Å². The van der Waals surface area contributed by atoms with Gasteiger partial charge in [-0.25, -0.2) is 0 Å². The van der Waals surface area contributed by atoms with Gasteiger partial charge in [-0.05, 0) is 37.1 Å². The first-order chi connectivity index (χ1) is 12.0. The van der Waals surface area contributed by atoms with Crippen molar-refractivity contribution in [2.24, 2.45) is 0 Å². The Morgan fingerprint density at radius 1 is 1.04 bits per heavy atom. The first-order valence-electron chi connectivity index (χ1n) is 8.62. The average molecular weight is 345 g/mol. The molecule has 25 heavy (non-hydrogen) atoms. The molecule has 1 atom stereocenters. The summed E-state index contributed by atoms with van der Waals surface area (Å²) in [5.74, 6) is -0.158. The van der Waals surface area contributed by atoms with Gasteiger partial charge in [-0.15, -0.1) is 0 Å². The molecule has 1 N–H and O–H groups in total. The van der Waals surface area contributed by atoms with E-state index in [9.17, 15) is 14.4 Å². The molecule has 0 bridgehead atoms. The molecule has 2 aliphatic rings. The van der Waals surface area contributed by atoms with E-state index in [1.165, 1.54) is 6.92 Å². The summed E-state index contributed by atoms with van der Waals surface area (Å²) in [6, 6.07) is 6.84. The second-order valence-electron chi connectivity index (χ2n) is 6.38. The fraction of sp³-hybridized carbons (Fsp3) is 0.500. The van der Waals surface area contributed by atoms with Gasteiger partial charge in [-0.1, -0.05) is 0 Å². The highest BCUT2D eigenvalue weighted by atomic mass is 16.5. The molecule has 0 saturated carbocycles. The van der Waals surface area contributed by atoms with E-state index < -0.39 is 0 Å². The van der Waals surface area contributed by atoms with Crippen LogP contribution in [0.1, 0.15) is 30.1 Å². The number of nitrogens with zero attached hydrogens (tertiary/aromatic N) is 2. The normalized spacial score (nSPS) is 20.4. The number of rotatable bonds is 3. The van der Waals surface area contributed by atoms with E-state index in [0.29, 0.717) is 44.0 Å². The molecule has 0 aliphatic carbocycles. The molecule has 0 radical (unpaired) electrons. The fourth-order valence-corrected chi connectivity index (χ4v) is 3.19. The van der Waals surface area contributed by atoms with Gasteiger partial charge in [0.05, 0.1) is 0 Å². The molecule has 1 aromatic rings. The number of nitrogens with one attached hydrogen (secondary N) is 1. The lowest BCUT2D eigenvalue weighted by atomic mass is 10.1. The molecule has 2 saturated heterocycles. The summed E-state index contributed by atoms with van der Waals surface area (Å²) in [5, 5.41) is 2.68. The molecule has 2 aliphatic heterocycles. The molecule has 3 amide bonds. The molecule has 0 unspecified atom stereocenters. The number of anilines is 1. The van der Waals surface area contributed by atoms with E-state index in [2.05, 4.69) is 5.32 Å². The van der Waals surface area contributed by atoms with Gasteiger partial charge < -0.3 is 19.9 Å². The Bertz CT molecular complexity index is 645. The molecule has 2 heterocycles. The highest BCUT2D eigenvalue weighted by Crippen LogP contribution is 2.17. The Morgan fingerprint density at radius 3 is 2.24 bits per heavy atom. The number of ether oxygens (including phenoxy) is 1. The topological polar surface area (TPSA) is 79.0 Å². The van der Waals surface area contributed by atoms with Crippen molar-refractivity contribution < 1.29 is 19.1 Å². The van der Waals surface area contributed by atoms with Crippen LogP contribution >= 0.6 is 0 Å². The van der Waals surface area contributed by atoms with Crippen LogP contribution in [0, 0.1) is 0 Å². The quantitative estimate of drug-likeness (QED) is 0.890. The third-order valence-electron chi connectivity index (χ3n) is 4.54. The van der Waals surface area contributed by atoms with Crippen molar-refractivity contribution in [1.29, 1.82) is 0 Å². The molecule has 7 nitrogen and oxygen atoms in total. The number of carbonyl (C=O) groups is 3. The number of amides is 3. The predicted molar refractivity (Wildman–Crippen MR) is 92.2 cm³/mol. The Labute approximate surface area is 146 Å². The van der Waals surface area contributed by atoms with Gasteiger partial charge in [0.25, 0.3) is 11.8 Å². The van der Waals surface area contributed by atoms with Gasteiger partial charge in [0, 0.05) is 51.0 Å². The number of carbonyl (C=O) groups excluding carboxylic acids is 3. The molecule has 0 aromatic heterocycles. The molecule has 2 fully saturated rings. The second-order valence-corrected chi connectivity index (χ2v) is 6.38. The number of hydrogen-bond acceptors (Lipinski definition) is 4. The molecule has 134 valence electrons. The van der Waals surface area contributed by atoms with Crippen LogP contribution in [0.3, 0.4) is 0 Å². The summed E-state index contributed by atoms with van der Waals surface area (Å²) in [6.07, 6.45) is 1.42. The van der Waals surface area contributed by atoms with Crippen LogP contribution < -0.4 is 5.32 Å². The van der Waals surface area contributed by atoms with E-state index in [0.717, 1.165) is 12.8 Å². The second kappa shape index (κ2) is 7.65. The van der Waals surface area contributed by atoms with Gasteiger partial charge >= 0.3 is 0 Å². The maximum atomic E-state index is 12.6. The lowest BCUT2D eigenvalue weighted by Gasteiger charge is -2.35. The van der Waals surface area contributed by atoms with Crippen LogP contribution in [0.15, 0.2) is 24.3 Å². The monoisotopic (exact) mass is 345 g/mol. The molecule has 3 rings (SSSR count). The lowest BCUT2D eigenvalue weighted by molar-refractivity contribution is -0.142. The number of piperazine rings is 1. The lowest BCUT2D eigenvalue weighted by Crippen LogP contribution is -2.52. The van der Waals surface area contributed by atoms with Gasteiger partial charge in [0.15, 0.2) is 0 Å². The van der Waals surface area contributed by atoms with Crippen LogP contribution in [-0.2, 0) is 14.3 Å². The predicted octanol–water partition coefficient (Wildman–Crippen LogP) is 1.11. The summed E-state index contributed by atoms with van der Waals surface area (Å²) in [7, 11) is 0. The maximum Gasteiger partial charge on any atom is 0.253 e. The SMILES string of the molecule is CC(=O)Nc1ccc(C(=O)N2CCN(C(=O)[C@H]3CCCO3)CC2)cc1. The highest BCUT2D eigenvalue weighted by Gasteiger charge is 2.31. The molecule has 0 spiro atoms. The third kappa shape index (κ3) is 4.17. The van der Waals surface area contributed by atoms with Crippen LogP contribution in [0.5, 0.6) is 0 Å². The van der Waals surface area contributed by atoms with E-state index >= 15 is 0 Å². The van der Waals surface area contributed by atoms with E-state index in [4.69, 9.17) is 4.74 Å². The zero-order valence-electron chi connectivity index (χ0n) is 14.4. The summed E-state index contributed by atoms with van der Waals surface area (Å²) in [5.41, 5.74) is 1.24. The molecule has 7 heteroatoms. The average Bonchev–Trinajstić information content (AvgIpc) is 3.15. The van der Waals surface area contributed by atoms with Gasteiger partial charge in [-0.3, -0.25) is 14.4 Å². The summed E-state index contributed by atoms with van der Waals surface area (Å²) < 4.78 is 5.45. The first-order valence-corrected chi connectivity index (χ1v) is 8.62. The Morgan fingerprint density at radius 2 is 1.68 bits per heavy atom. The van der Waals surface area contributed by atoms with E-state index in [1.54, 1.807) is 34.1 Å². The van der Waals surface area contributed by atoms with Crippen molar-refractivity contribution in [2.45, 2.75) is 25.9 Å². The van der Waals surface area contributed by atoms with E-state index in [-0.39, 0.29) is 23.8 Å². The van der Waals surface area contributed by atoms with Crippen molar-refractivity contribution in [3.05, 3.63) is 29.8 Å². The molecular weight excluding hydrogens is 322 g/mol. The Hall–Kier alpha value is -2.41. The minimum atomic E-state index is -0.302. The van der Waals surface area contributed by atoms with Crippen LogP contribution in [-0.4, -0.2) is 66.4 Å². The van der Waals surface area contributed by atoms with Crippen LogP contribution in [0.4, 0.5) is 5.69 Å². The van der Waals surface area contributed by atoms with Crippen molar-refractivity contribution in [2.75, 3.05) is 38.1 Å². The van der Waals surface area contributed by atoms with Crippen molar-refractivity contribution in [3.63, 3.8) is 0 Å². The molecule has 1 aromatic carbocycles. The third-order valence-corrected chi connectivity index (χ3v) is 4.54. The largest absolute Gasteiger partial charge is 0.368 e. The van der Waals surface area contributed by atoms with Crippen LogP contribution in [0.2, 0.25) is 0 Å². The standard InChI is InChI=1S/C18H23N3O4/c1-13(22)19-15-6-4-14(5-7-15)17(23)20-8-10-21(11-9-20)18(24)16-3-2-12-25-16/h4-7,16H,2-3,8-12H2,1H3,(H,19,22)/t16-/m1/s1. The van der Waals surface area contributed by atoms with Gasteiger partial charge in [0.1, 0.15) is 6.10 Å². The maximum absolute atomic E-state index is 12.6. The Kier molecular flexibility index (Phi) is 5.33. The summed E-state index contributed by atoms with van der Waals surface area (Å²) >= 11 is 0. The Balaban J connectivity index is 1.54. The zero-order valence-corrected chi connectivity index (χ0v) is 14.4. The number of benzene rings is 1. The van der Waals surface area contributed by atoms with E-state index in [1.807, 2.05) is 0 Å². The summed E-state index contributed by atoms with van der Waals surface area (Å²) in [6.45, 7) is 4.21. The van der Waals surface area contributed by atoms with Gasteiger partial charge in [0.2, 0.25) is 5.91 Å².